The van der Waals surface area contributed by atoms with Crippen LogP contribution < -0.4 is 0 Å². The molecular weight excluding hydrogens is 244 g/mol. The van der Waals surface area contributed by atoms with Gasteiger partial charge in [-0.3, -0.25) is 14.6 Å². The first kappa shape index (κ1) is 13.5. The summed E-state index contributed by atoms with van der Waals surface area (Å²) < 4.78 is 5.03. The third kappa shape index (κ3) is 3.30. The number of aromatic nitrogens is 1. The molecule has 19 heavy (non-hydrogen) atoms. The van der Waals surface area contributed by atoms with Gasteiger partial charge in [-0.15, -0.1) is 0 Å². The topological polar surface area (TPSA) is 59.5 Å². The maximum Gasteiger partial charge on any atom is 0.310 e. The van der Waals surface area contributed by atoms with E-state index in [9.17, 15) is 9.59 Å². The van der Waals surface area contributed by atoms with Crippen molar-refractivity contribution in [2.75, 3.05) is 19.7 Å². The Bertz CT molecular complexity index is 447. The van der Waals surface area contributed by atoms with Crippen LogP contribution in [-0.4, -0.2) is 41.5 Å². The van der Waals surface area contributed by atoms with E-state index >= 15 is 0 Å². The molecule has 0 bridgehead atoms. The monoisotopic (exact) mass is 262 g/mol. The molecule has 2 heterocycles. The van der Waals surface area contributed by atoms with Gasteiger partial charge < -0.3 is 9.64 Å². The Balaban J connectivity index is 2.01. The second kappa shape index (κ2) is 6.31. The predicted molar refractivity (Wildman–Crippen MR) is 69.5 cm³/mol. The highest BCUT2D eigenvalue weighted by molar-refractivity contribution is 5.94. The molecule has 1 atom stereocenters. The van der Waals surface area contributed by atoms with E-state index in [1.807, 2.05) is 0 Å². The van der Waals surface area contributed by atoms with Crippen molar-refractivity contribution < 1.29 is 14.3 Å². The van der Waals surface area contributed by atoms with Gasteiger partial charge in [0.1, 0.15) is 0 Å². The van der Waals surface area contributed by atoms with Crippen molar-refractivity contribution >= 4 is 11.9 Å². The number of rotatable bonds is 3. The van der Waals surface area contributed by atoms with Crippen molar-refractivity contribution in [3.05, 3.63) is 30.1 Å². The fourth-order valence-corrected chi connectivity index (χ4v) is 2.29. The van der Waals surface area contributed by atoms with Crippen LogP contribution in [-0.2, 0) is 9.53 Å². The van der Waals surface area contributed by atoms with Crippen LogP contribution in [0.3, 0.4) is 0 Å². The number of esters is 1. The van der Waals surface area contributed by atoms with Crippen LogP contribution >= 0.6 is 0 Å². The highest BCUT2D eigenvalue weighted by Crippen LogP contribution is 2.19. The van der Waals surface area contributed by atoms with E-state index in [1.165, 1.54) is 0 Å². The molecule has 0 saturated carbocycles. The van der Waals surface area contributed by atoms with Gasteiger partial charge in [0.15, 0.2) is 0 Å². The van der Waals surface area contributed by atoms with Gasteiger partial charge in [0.2, 0.25) is 0 Å². The fraction of sp³-hybridized carbons (Fsp3) is 0.500. The van der Waals surface area contributed by atoms with Crippen LogP contribution in [0.4, 0.5) is 0 Å². The Hall–Kier alpha value is -1.91. The van der Waals surface area contributed by atoms with Crippen LogP contribution in [0.5, 0.6) is 0 Å². The summed E-state index contributed by atoms with van der Waals surface area (Å²) in [6.07, 6.45) is 4.82. The summed E-state index contributed by atoms with van der Waals surface area (Å²) in [7, 11) is 0. The van der Waals surface area contributed by atoms with Gasteiger partial charge in [0.05, 0.1) is 12.5 Å². The number of ether oxygens (including phenoxy) is 1. The molecule has 102 valence electrons. The molecule has 1 unspecified atom stereocenters. The summed E-state index contributed by atoms with van der Waals surface area (Å²) in [4.78, 5) is 29.6. The molecule has 1 amide bonds. The summed E-state index contributed by atoms with van der Waals surface area (Å²) >= 11 is 0. The minimum atomic E-state index is -0.199. The van der Waals surface area contributed by atoms with Crippen LogP contribution in [0.1, 0.15) is 30.1 Å². The van der Waals surface area contributed by atoms with Gasteiger partial charge in [-0.1, -0.05) is 0 Å². The lowest BCUT2D eigenvalue weighted by Gasteiger charge is -2.31. The SMILES string of the molecule is CCOC(=O)C1CCCN(C(=O)c2ccncc2)C1. The molecule has 5 heteroatoms. The third-order valence-electron chi connectivity index (χ3n) is 3.26. The molecule has 0 aromatic carbocycles. The van der Waals surface area contributed by atoms with E-state index in [4.69, 9.17) is 4.74 Å². The average Bonchev–Trinajstić information content (AvgIpc) is 2.48. The molecule has 1 aromatic rings. The molecular formula is C14H18N2O3. The number of pyridine rings is 1. The number of piperidine rings is 1. The molecule has 1 aromatic heterocycles. The van der Waals surface area contributed by atoms with Gasteiger partial charge in [-0.2, -0.15) is 0 Å². The zero-order valence-corrected chi connectivity index (χ0v) is 11.0. The maximum absolute atomic E-state index is 12.3. The molecule has 0 N–H and O–H groups in total. The van der Waals surface area contributed by atoms with Crippen molar-refractivity contribution in [3.8, 4) is 0 Å². The summed E-state index contributed by atoms with van der Waals surface area (Å²) in [5, 5.41) is 0. The summed E-state index contributed by atoms with van der Waals surface area (Å²) in [6, 6.07) is 3.38. The zero-order valence-electron chi connectivity index (χ0n) is 11.0. The Morgan fingerprint density at radius 3 is 2.84 bits per heavy atom. The first-order valence-electron chi connectivity index (χ1n) is 6.58. The van der Waals surface area contributed by atoms with E-state index in [2.05, 4.69) is 4.98 Å². The van der Waals surface area contributed by atoms with E-state index in [1.54, 1.807) is 36.4 Å². The minimum absolute atomic E-state index is 0.0450. The lowest BCUT2D eigenvalue weighted by atomic mass is 9.97. The van der Waals surface area contributed by atoms with Crippen LogP contribution in [0.2, 0.25) is 0 Å². The number of nitrogens with zero attached hydrogens (tertiary/aromatic N) is 2. The molecule has 5 nitrogen and oxygen atoms in total. The number of hydrogen-bond acceptors (Lipinski definition) is 4. The predicted octanol–water partition coefficient (Wildman–Crippen LogP) is 1.50. The lowest BCUT2D eigenvalue weighted by Crippen LogP contribution is -2.42. The lowest BCUT2D eigenvalue weighted by molar-refractivity contribution is -0.149. The smallest absolute Gasteiger partial charge is 0.310 e. The van der Waals surface area contributed by atoms with Crippen molar-refractivity contribution in [2.45, 2.75) is 19.8 Å². The number of hydrogen-bond donors (Lipinski definition) is 0. The maximum atomic E-state index is 12.3. The van der Waals surface area contributed by atoms with Gasteiger partial charge in [-0.05, 0) is 31.9 Å². The van der Waals surface area contributed by atoms with E-state index in [-0.39, 0.29) is 17.8 Å². The van der Waals surface area contributed by atoms with Crippen molar-refractivity contribution in [1.29, 1.82) is 0 Å². The van der Waals surface area contributed by atoms with E-state index < -0.39 is 0 Å². The van der Waals surface area contributed by atoms with Gasteiger partial charge in [-0.25, -0.2) is 0 Å². The fourth-order valence-electron chi connectivity index (χ4n) is 2.29. The van der Waals surface area contributed by atoms with Crippen molar-refractivity contribution in [3.63, 3.8) is 0 Å². The number of carbonyl (C=O) groups excluding carboxylic acids is 2. The summed E-state index contributed by atoms with van der Waals surface area (Å²) in [5.41, 5.74) is 0.611. The molecule has 1 aliphatic heterocycles. The quantitative estimate of drug-likeness (QED) is 0.774. The number of likely N-dealkylation sites (tertiary alicyclic amines) is 1. The van der Waals surface area contributed by atoms with Crippen LogP contribution in [0.15, 0.2) is 24.5 Å². The van der Waals surface area contributed by atoms with E-state index in [0.29, 0.717) is 25.3 Å². The molecule has 1 fully saturated rings. The highest BCUT2D eigenvalue weighted by atomic mass is 16.5. The molecule has 0 aliphatic carbocycles. The molecule has 1 saturated heterocycles. The third-order valence-corrected chi connectivity index (χ3v) is 3.26. The molecule has 0 spiro atoms. The van der Waals surface area contributed by atoms with Gasteiger partial charge in [0.25, 0.3) is 5.91 Å². The standard InChI is InChI=1S/C14H18N2O3/c1-2-19-14(18)12-4-3-9-16(10-12)13(17)11-5-7-15-8-6-11/h5-8,12H,2-4,9-10H2,1H3. The van der Waals surface area contributed by atoms with Gasteiger partial charge in [0, 0.05) is 31.0 Å². The Morgan fingerprint density at radius 1 is 1.42 bits per heavy atom. The molecule has 0 radical (unpaired) electrons. The molecule has 2 rings (SSSR count). The molecule has 1 aliphatic rings. The highest BCUT2D eigenvalue weighted by Gasteiger charge is 2.29. The second-order valence-corrected chi connectivity index (χ2v) is 4.58. The van der Waals surface area contributed by atoms with Crippen molar-refractivity contribution in [1.82, 2.24) is 9.88 Å². The zero-order chi connectivity index (χ0) is 13.7. The average molecular weight is 262 g/mol. The Labute approximate surface area is 112 Å². The number of amides is 1. The summed E-state index contributed by atoms with van der Waals surface area (Å²) in [5.74, 6) is -0.439. The largest absolute Gasteiger partial charge is 0.466 e. The first-order valence-corrected chi connectivity index (χ1v) is 6.58. The summed E-state index contributed by atoms with van der Waals surface area (Å²) in [6.45, 7) is 3.31. The second-order valence-electron chi connectivity index (χ2n) is 4.58. The Morgan fingerprint density at radius 2 is 2.16 bits per heavy atom. The van der Waals surface area contributed by atoms with Crippen molar-refractivity contribution in [2.24, 2.45) is 5.92 Å². The Kier molecular flexibility index (Phi) is 4.49. The van der Waals surface area contributed by atoms with Crippen LogP contribution in [0, 0.1) is 5.92 Å². The van der Waals surface area contributed by atoms with Gasteiger partial charge >= 0.3 is 5.97 Å². The van der Waals surface area contributed by atoms with E-state index in [0.717, 1.165) is 12.8 Å². The van der Waals surface area contributed by atoms with Crippen LogP contribution in [0.25, 0.3) is 0 Å². The minimum Gasteiger partial charge on any atom is -0.466 e. The number of carbonyl (C=O) groups is 2. The first-order chi connectivity index (χ1) is 9.22. The normalized spacial score (nSPS) is 19.0.